The molecule has 162 valence electrons. The van der Waals surface area contributed by atoms with Gasteiger partial charge in [0.2, 0.25) is 0 Å². The highest BCUT2D eigenvalue weighted by molar-refractivity contribution is 7.71. The van der Waals surface area contributed by atoms with Gasteiger partial charge in [0.1, 0.15) is 12.7 Å². The molecule has 4 aromatic heterocycles. The predicted octanol–water partition coefficient (Wildman–Crippen LogP) is 1.58. The molecule has 5 rings (SSSR count). The third-order valence-corrected chi connectivity index (χ3v) is 6.07. The first-order chi connectivity index (χ1) is 15.0. The standard InChI is InChI=1S/C18H20N8O3S2/c1-29-6-2-5-23-15-11(13(27)21-17(23)30)19-8-25(15)26-9-20-12-14(28)22-18(31)24(16(12)26)7-10-3-4-10/h8-10H,2-7H2,1H3,(H,21,27,30)(H,22,28,31). The normalized spacial score (nSPS) is 14.1. The van der Waals surface area contributed by atoms with Gasteiger partial charge in [-0.2, -0.15) is 0 Å². The molecule has 1 saturated carbocycles. The first-order valence-corrected chi connectivity index (χ1v) is 10.7. The van der Waals surface area contributed by atoms with E-state index < -0.39 is 0 Å². The molecule has 1 fully saturated rings. The summed E-state index contributed by atoms with van der Waals surface area (Å²) >= 11 is 10.9. The van der Waals surface area contributed by atoms with Crippen molar-refractivity contribution in [3.05, 3.63) is 42.9 Å². The lowest BCUT2D eigenvalue weighted by Crippen LogP contribution is -2.21. The van der Waals surface area contributed by atoms with Gasteiger partial charge in [-0.3, -0.25) is 19.6 Å². The van der Waals surface area contributed by atoms with Crippen molar-refractivity contribution in [1.82, 2.24) is 38.4 Å². The summed E-state index contributed by atoms with van der Waals surface area (Å²) < 4.78 is 12.8. The number of nitrogens with zero attached hydrogens (tertiary/aromatic N) is 6. The van der Waals surface area contributed by atoms with Crippen LogP contribution in [0.3, 0.4) is 0 Å². The number of H-pyrrole nitrogens is 2. The summed E-state index contributed by atoms with van der Waals surface area (Å²) in [5.74, 6) is 0.518. The Kier molecular flexibility index (Phi) is 4.95. The third kappa shape index (κ3) is 3.38. The van der Waals surface area contributed by atoms with Gasteiger partial charge >= 0.3 is 0 Å². The van der Waals surface area contributed by atoms with Gasteiger partial charge in [0.15, 0.2) is 31.9 Å². The van der Waals surface area contributed by atoms with Crippen molar-refractivity contribution in [2.24, 2.45) is 5.92 Å². The number of fused-ring (bicyclic) bond motifs is 2. The van der Waals surface area contributed by atoms with E-state index in [2.05, 4.69) is 19.9 Å². The molecule has 0 bridgehead atoms. The molecule has 13 heteroatoms. The van der Waals surface area contributed by atoms with E-state index in [4.69, 9.17) is 29.2 Å². The second-order valence-electron chi connectivity index (χ2n) is 7.59. The summed E-state index contributed by atoms with van der Waals surface area (Å²) in [7, 11) is 1.63. The Morgan fingerprint density at radius 3 is 2.10 bits per heavy atom. The zero-order valence-electron chi connectivity index (χ0n) is 16.7. The highest BCUT2D eigenvalue weighted by Crippen LogP contribution is 2.31. The average Bonchev–Trinajstić information content (AvgIpc) is 3.27. The van der Waals surface area contributed by atoms with E-state index in [9.17, 15) is 9.59 Å². The Bertz CT molecular complexity index is 1530. The highest BCUT2D eigenvalue weighted by Gasteiger charge is 2.25. The maximum Gasteiger partial charge on any atom is 0.279 e. The Morgan fingerprint density at radius 1 is 1.00 bits per heavy atom. The van der Waals surface area contributed by atoms with Gasteiger partial charge in [-0.25, -0.2) is 19.3 Å². The SMILES string of the molecule is COCCCn1c(=S)[nH]c(=O)c2ncn(-n3cnc4c(=O)[nH]c(=S)n(CC5CC5)c43)c21. The first kappa shape index (κ1) is 20.0. The van der Waals surface area contributed by atoms with E-state index in [1.165, 1.54) is 12.7 Å². The number of hydrogen-bond donors (Lipinski definition) is 2. The number of rotatable bonds is 7. The van der Waals surface area contributed by atoms with E-state index in [-0.39, 0.29) is 26.9 Å². The topological polar surface area (TPSA) is 120 Å². The molecule has 0 amide bonds. The lowest BCUT2D eigenvalue weighted by atomic mass is 10.4. The van der Waals surface area contributed by atoms with E-state index in [1.54, 1.807) is 21.0 Å². The van der Waals surface area contributed by atoms with E-state index in [1.807, 2.05) is 4.57 Å². The molecule has 0 unspecified atom stereocenters. The molecule has 0 aliphatic heterocycles. The molecule has 31 heavy (non-hydrogen) atoms. The van der Waals surface area contributed by atoms with Crippen LogP contribution in [0.4, 0.5) is 0 Å². The zero-order valence-corrected chi connectivity index (χ0v) is 18.3. The zero-order chi connectivity index (χ0) is 21.7. The second-order valence-corrected chi connectivity index (χ2v) is 8.37. The van der Waals surface area contributed by atoms with Gasteiger partial charge in [-0.15, -0.1) is 0 Å². The number of nitrogens with one attached hydrogen (secondary N) is 2. The minimum Gasteiger partial charge on any atom is -0.385 e. The van der Waals surface area contributed by atoms with Gasteiger partial charge in [0.05, 0.1) is 0 Å². The van der Waals surface area contributed by atoms with Crippen LogP contribution in [0.1, 0.15) is 19.3 Å². The minimum atomic E-state index is -0.376. The van der Waals surface area contributed by atoms with Gasteiger partial charge in [-0.1, -0.05) is 0 Å². The van der Waals surface area contributed by atoms with Crippen LogP contribution >= 0.6 is 24.4 Å². The van der Waals surface area contributed by atoms with Crippen LogP contribution in [0.25, 0.3) is 22.3 Å². The highest BCUT2D eigenvalue weighted by atomic mass is 32.1. The van der Waals surface area contributed by atoms with Crippen LogP contribution in [0.2, 0.25) is 0 Å². The molecule has 0 spiro atoms. The van der Waals surface area contributed by atoms with Crippen LogP contribution in [0, 0.1) is 15.5 Å². The maximum atomic E-state index is 12.5. The molecule has 1 aliphatic rings. The lowest BCUT2D eigenvalue weighted by Gasteiger charge is -2.15. The third-order valence-electron chi connectivity index (χ3n) is 5.42. The van der Waals surface area contributed by atoms with Crippen LogP contribution < -0.4 is 11.1 Å². The molecule has 11 nitrogen and oxygen atoms in total. The quantitative estimate of drug-likeness (QED) is 0.317. The first-order valence-electron chi connectivity index (χ1n) is 9.89. The number of aromatic nitrogens is 8. The summed E-state index contributed by atoms with van der Waals surface area (Å²) in [6.07, 6.45) is 5.99. The molecule has 0 radical (unpaired) electrons. The fourth-order valence-corrected chi connectivity index (χ4v) is 4.27. The number of hydrogen-bond acceptors (Lipinski definition) is 7. The Labute approximate surface area is 184 Å². The molecule has 4 heterocycles. The number of aryl methyl sites for hydroxylation is 1. The van der Waals surface area contributed by atoms with Crippen LogP contribution in [0.15, 0.2) is 22.2 Å². The van der Waals surface area contributed by atoms with Crippen molar-refractivity contribution in [1.29, 1.82) is 0 Å². The smallest absolute Gasteiger partial charge is 0.279 e. The van der Waals surface area contributed by atoms with E-state index >= 15 is 0 Å². The number of imidazole rings is 2. The van der Waals surface area contributed by atoms with Crippen LogP contribution in [-0.2, 0) is 17.8 Å². The summed E-state index contributed by atoms with van der Waals surface area (Å²) in [4.78, 5) is 39.1. The Balaban J connectivity index is 1.80. The number of ether oxygens (including phenoxy) is 1. The van der Waals surface area contributed by atoms with E-state index in [0.29, 0.717) is 48.1 Å². The van der Waals surface area contributed by atoms with Crippen LogP contribution in [0.5, 0.6) is 0 Å². The molecule has 4 aromatic rings. The number of aromatic amines is 2. The molecular weight excluding hydrogens is 440 g/mol. The van der Waals surface area contributed by atoms with Crippen molar-refractivity contribution in [2.45, 2.75) is 32.4 Å². The average molecular weight is 461 g/mol. The molecule has 1 aliphatic carbocycles. The molecular formula is C18H20N8O3S2. The van der Waals surface area contributed by atoms with Crippen LogP contribution in [-0.4, -0.2) is 52.1 Å². The predicted molar refractivity (Wildman–Crippen MR) is 118 cm³/mol. The monoisotopic (exact) mass is 460 g/mol. The summed E-state index contributed by atoms with van der Waals surface area (Å²) in [6.45, 7) is 1.75. The fraction of sp³-hybridized carbons (Fsp3) is 0.444. The lowest BCUT2D eigenvalue weighted by molar-refractivity contribution is 0.190. The Hall–Kier alpha value is -2.90. The van der Waals surface area contributed by atoms with Gasteiger partial charge in [0.25, 0.3) is 11.1 Å². The maximum absolute atomic E-state index is 12.5. The van der Waals surface area contributed by atoms with Crippen molar-refractivity contribution < 1.29 is 4.74 Å². The largest absolute Gasteiger partial charge is 0.385 e. The van der Waals surface area contributed by atoms with Crippen molar-refractivity contribution in [3.8, 4) is 0 Å². The van der Waals surface area contributed by atoms with Crippen molar-refractivity contribution in [2.75, 3.05) is 13.7 Å². The molecule has 0 aromatic carbocycles. The van der Waals surface area contributed by atoms with Crippen molar-refractivity contribution in [3.63, 3.8) is 0 Å². The van der Waals surface area contributed by atoms with Gasteiger partial charge in [0, 0.05) is 26.8 Å². The number of methoxy groups -OCH3 is 1. The Morgan fingerprint density at radius 2 is 1.55 bits per heavy atom. The summed E-state index contributed by atoms with van der Waals surface area (Å²) in [5, 5.41) is 0. The second kappa shape index (κ2) is 7.66. The fourth-order valence-electron chi connectivity index (χ4n) is 3.75. The molecule has 2 N–H and O–H groups in total. The summed E-state index contributed by atoms with van der Waals surface area (Å²) in [6, 6.07) is 0. The van der Waals surface area contributed by atoms with E-state index in [0.717, 1.165) is 12.8 Å². The minimum absolute atomic E-state index is 0.241. The van der Waals surface area contributed by atoms with Gasteiger partial charge < -0.3 is 13.9 Å². The molecule has 0 atom stereocenters. The van der Waals surface area contributed by atoms with Crippen molar-refractivity contribution >= 4 is 46.8 Å². The molecule has 0 saturated heterocycles. The summed E-state index contributed by atoms with van der Waals surface area (Å²) in [5.41, 5.74) is 0.835. The van der Waals surface area contributed by atoms with Gasteiger partial charge in [-0.05, 0) is 49.6 Å².